The fourth-order valence-corrected chi connectivity index (χ4v) is 1.67. The topological polar surface area (TPSA) is 66.7 Å². The summed E-state index contributed by atoms with van der Waals surface area (Å²) in [6, 6.07) is 0. The molecule has 2 rings (SSSR count). The second kappa shape index (κ2) is 4.94. The lowest BCUT2D eigenvalue weighted by Crippen LogP contribution is -2.17. The number of hydrogen-bond acceptors (Lipinski definition) is 4. The smallest absolute Gasteiger partial charge is 0.137 e. The van der Waals surface area contributed by atoms with Crippen LogP contribution in [0.15, 0.2) is 16.9 Å². The molecule has 0 saturated carbocycles. The van der Waals surface area contributed by atoms with Crippen LogP contribution in [0, 0.1) is 13.8 Å². The monoisotopic (exact) mass is 220 g/mol. The largest absolute Gasteiger partial charge is 0.361 e. The van der Waals surface area contributed by atoms with Gasteiger partial charge in [-0.15, -0.1) is 0 Å². The number of H-pyrrole nitrogens is 1. The van der Waals surface area contributed by atoms with Crippen molar-refractivity contribution in [3.63, 3.8) is 0 Å². The van der Waals surface area contributed by atoms with E-state index in [1.54, 1.807) is 6.20 Å². The standard InChI is InChI=1S/C11H16N4O/c1-8-10(9(2)16-15-8)3-4-12-7-11-13-5-6-14-11/h5-6,12H,3-4,7H2,1-2H3,(H,13,14). The Kier molecular flexibility index (Phi) is 3.36. The molecular formula is C11H16N4O. The van der Waals surface area contributed by atoms with Crippen LogP contribution in [0.1, 0.15) is 22.8 Å². The Hall–Kier alpha value is -1.62. The van der Waals surface area contributed by atoms with Gasteiger partial charge in [0.1, 0.15) is 11.6 Å². The summed E-state index contributed by atoms with van der Waals surface area (Å²) in [5.41, 5.74) is 2.18. The molecule has 5 heteroatoms. The molecule has 2 N–H and O–H groups in total. The molecule has 0 spiro atoms. The van der Waals surface area contributed by atoms with E-state index in [9.17, 15) is 0 Å². The van der Waals surface area contributed by atoms with E-state index in [4.69, 9.17) is 4.52 Å². The molecule has 0 atom stereocenters. The quantitative estimate of drug-likeness (QED) is 0.746. The maximum Gasteiger partial charge on any atom is 0.137 e. The van der Waals surface area contributed by atoms with Gasteiger partial charge in [-0.2, -0.15) is 0 Å². The first kappa shape index (κ1) is 10.9. The van der Waals surface area contributed by atoms with Gasteiger partial charge >= 0.3 is 0 Å². The maximum absolute atomic E-state index is 5.10. The number of aromatic amines is 1. The summed E-state index contributed by atoms with van der Waals surface area (Å²) in [5.74, 6) is 1.87. The van der Waals surface area contributed by atoms with Crippen molar-refractivity contribution >= 4 is 0 Å². The van der Waals surface area contributed by atoms with E-state index in [0.29, 0.717) is 0 Å². The fourth-order valence-electron chi connectivity index (χ4n) is 1.67. The lowest BCUT2D eigenvalue weighted by atomic mass is 10.1. The van der Waals surface area contributed by atoms with Crippen LogP contribution in [0.2, 0.25) is 0 Å². The number of nitrogens with one attached hydrogen (secondary N) is 2. The highest BCUT2D eigenvalue weighted by molar-refractivity contribution is 5.20. The summed E-state index contributed by atoms with van der Waals surface area (Å²) in [5, 5.41) is 7.24. The van der Waals surface area contributed by atoms with Crippen molar-refractivity contribution in [2.75, 3.05) is 6.54 Å². The molecular weight excluding hydrogens is 204 g/mol. The summed E-state index contributed by atoms with van der Waals surface area (Å²) < 4.78 is 5.10. The second-order valence-electron chi connectivity index (χ2n) is 3.77. The molecule has 0 radical (unpaired) electrons. The average molecular weight is 220 g/mol. The average Bonchev–Trinajstić information content (AvgIpc) is 2.87. The Balaban J connectivity index is 1.76. The summed E-state index contributed by atoms with van der Waals surface area (Å²) in [6.07, 6.45) is 4.51. The molecule has 0 aromatic carbocycles. The predicted molar refractivity (Wildman–Crippen MR) is 60.0 cm³/mol. The van der Waals surface area contributed by atoms with E-state index in [2.05, 4.69) is 20.4 Å². The van der Waals surface area contributed by atoms with Gasteiger partial charge in [-0.05, 0) is 26.8 Å². The molecule has 0 amide bonds. The number of imidazole rings is 1. The van der Waals surface area contributed by atoms with Crippen LogP contribution in [0.25, 0.3) is 0 Å². The molecule has 2 heterocycles. The third-order valence-electron chi connectivity index (χ3n) is 2.58. The van der Waals surface area contributed by atoms with Gasteiger partial charge in [0.15, 0.2) is 0 Å². The lowest BCUT2D eigenvalue weighted by Gasteiger charge is -2.02. The molecule has 16 heavy (non-hydrogen) atoms. The zero-order valence-electron chi connectivity index (χ0n) is 9.58. The third-order valence-corrected chi connectivity index (χ3v) is 2.58. The van der Waals surface area contributed by atoms with E-state index in [1.165, 1.54) is 5.56 Å². The van der Waals surface area contributed by atoms with Crippen molar-refractivity contribution in [1.29, 1.82) is 0 Å². The van der Waals surface area contributed by atoms with E-state index in [1.807, 2.05) is 20.0 Å². The van der Waals surface area contributed by atoms with Gasteiger partial charge in [-0.3, -0.25) is 0 Å². The molecule has 2 aromatic rings. The van der Waals surface area contributed by atoms with Gasteiger partial charge in [0.25, 0.3) is 0 Å². The molecule has 0 saturated heterocycles. The first-order valence-electron chi connectivity index (χ1n) is 5.38. The Bertz CT molecular complexity index is 413. The summed E-state index contributed by atoms with van der Waals surface area (Å²) in [4.78, 5) is 7.19. The van der Waals surface area contributed by atoms with Crippen LogP contribution in [-0.4, -0.2) is 21.7 Å². The van der Waals surface area contributed by atoms with Crippen molar-refractivity contribution in [1.82, 2.24) is 20.4 Å². The number of aromatic nitrogens is 3. The number of rotatable bonds is 5. The molecule has 0 aliphatic rings. The van der Waals surface area contributed by atoms with E-state index in [-0.39, 0.29) is 0 Å². The van der Waals surface area contributed by atoms with Gasteiger partial charge in [-0.1, -0.05) is 5.16 Å². The Labute approximate surface area is 94.3 Å². The highest BCUT2D eigenvalue weighted by atomic mass is 16.5. The van der Waals surface area contributed by atoms with Crippen molar-refractivity contribution in [2.24, 2.45) is 0 Å². The zero-order valence-corrected chi connectivity index (χ0v) is 9.58. The van der Waals surface area contributed by atoms with E-state index >= 15 is 0 Å². The maximum atomic E-state index is 5.10. The molecule has 0 aliphatic heterocycles. The minimum Gasteiger partial charge on any atom is -0.361 e. The molecule has 0 bridgehead atoms. The van der Waals surface area contributed by atoms with Gasteiger partial charge in [0, 0.05) is 18.0 Å². The highest BCUT2D eigenvalue weighted by Gasteiger charge is 2.07. The van der Waals surface area contributed by atoms with Crippen LogP contribution < -0.4 is 5.32 Å². The molecule has 0 unspecified atom stereocenters. The summed E-state index contributed by atoms with van der Waals surface area (Å²) in [7, 11) is 0. The molecule has 0 aliphatic carbocycles. The van der Waals surface area contributed by atoms with Crippen LogP contribution in [-0.2, 0) is 13.0 Å². The number of nitrogens with zero attached hydrogens (tertiary/aromatic N) is 2. The van der Waals surface area contributed by atoms with Crippen molar-refractivity contribution in [2.45, 2.75) is 26.8 Å². The number of hydrogen-bond donors (Lipinski definition) is 2. The molecule has 86 valence electrons. The van der Waals surface area contributed by atoms with Crippen LogP contribution >= 0.6 is 0 Å². The van der Waals surface area contributed by atoms with Gasteiger partial charge in [0.2, 0.25) is 0 Å². The van der Waals surface area contributed by atoms with Crippen LogP contribution in [0.4, 0.5) is 0 Å². The van der Waals surface area contributed by atoms with Gasteiger partial charge < -0.3 is 14.8 Å². The SMILES string of the molecule is Cc1noc(C)c1CCNCc1ncc[nH]1. The molecule has 0 fully saturated rings. The van der Waals surface area contributed by atoms with Crippen LogP contribution in [0.5, 0.6) is 0 Å². The van der Waals surface area contributed by atoms with Gasteiger partial charge in [-0.25, -0.2) is 4.98 Å². The summed E-state index contributed by atoms with van der Waals surface area (Å²) in [6.45, 7) is 5.57. The Morgan fingerprint density at radius 2 is 2.31 bits per heavy atom. The van der Waals surface area contributed by atoms with E-state index < -0.39 is 0 Å². The summed E-state index contributed by atoms with van der Waals surface area (Å²) >= 11 is 0. The first-order valence-corrected chi connectivity index (χ1v) is 5.38. The third kappa shape index (κ3) is 2.49. The Morgan fingerprint density at radius 3 is 2.94 bits per heavy atom. The zero-order chi connectivity index (χ0) is 11.4. The fraction of sp³-hybridized carbons (Fsp3) is 0.455. The molecule has 2 aromatic heterocycles. The predicted octanol–water partition coefficient (Wildman–Crippen LogP) is 1.35. The Morgan fingerprint density at radius 1 is 1.44 bits per heavy atom. The van der Waals surface area contributed by atoms with Crippen molar-refractivity contribution in [3.8, 4) is 0 Å². The number of aryl methyl sites for hydroxylation is 2. The molecule has 5 nitrogen and oxygen atoms in total. The van der Waals surface area contributed by atoms with Crippen LogP contribution in [0.3, 0.4) is 0 Å². The second-order valence-corrected chi connectivity index (χ2v) is 3.77. The van der Waals surface area contributed by atoms with E-state index in [0.717, 1.165) is 36.8 Å². The lowest BCUT2D eigenvalue weighted by molar-refractivity contribution is 0.392. The van der Waals surface area contributed by atoms with Crippen molar-refractivity contribution < 1.29 is 4.52 Å². The van der Waals surface area contributed by atoms with Crippen molar-refractivity contribution in [3.05, 3.63) is 35.2 Å². The minimum absolute atomic E-state index is 0.760. The first-order chi connectivity index (χ1) is 7.77. The highest BCUT2D eigenvalue weighted by Crippen LogP contribution is 2.11. The van der Waals surface area contributed by atoms with Gasteiger partial charge in [0.05, 0.1) is 12.2 Å². The normalized spacial score (nSPS) is 10.9. The minimum atomic E-state index is 0.760.